The standard InChI is InChI=1S/C14H12ClN3O2S/c1-18-9-16-14(13(18)15)21(19,20)17-12-7-6-10-4-2-3-5-11(10)8-12/h2-9,17H,1H3. The molecule has 0 radical (unpaired) electrons. The Morgan fingerprint density at radius 3 is 2.52 bits per heavy atom. The lowest BCUT2D eigenvalue weighted by molar-refractivity contribution is 0.598. The van der Waals surface area contributed by atoms with Gasteiger partial charge in [0.1, 0.15) is 5.15 Å². The van der Waals surface area contributed by atoms with Crippen molar-refractivity contribution in [2.75, 3.05) is 4.72 Å². The van der Waals surface area contributed by atoms with E-state index in [1.807, 2.05) is 30.3 Å². The molecule has 0 aliphatic carbocycles. The van der Waals surface area contributed by atoms with E-state index in [2.05, 4.69) is 9.71 Å². The number of aryl methyl sites for hydroxylation is 1. The van der Waals surface area contributed by atoms with Crippen LogP contribution in [0.2, 0.25) is 5.15 Å². The number of rotatable bonds is 3. The van der Waals surface area contributed by atoms with Gasteiger partial charge in [0.15, 0.2) is 0 Å². The van der Waals surface area contributed by atoms with Crippen LogP contribution < -0.4 is 4.72 Å². The van der Waals surface area contributed by atoms with Crippen LogP contribution in [-0.2, 0) is 17.1 Å². The number of anilines is 1. The van der Waals surface area contributed by atoms with Gasteiger partial charge in [0.05, 0.1) is 6.33 Å². The van der Waals surface area contributed by atoms with Gasteiger partial charge in [-0.1, -0.05) is 41.9 Å². The van der Waals surface area contributed by atoms with Gasteiger partial charge >= 0.3 is 0 Å². The van der Waals surface area contributed by atoms with E-state index in [9.17, 15) is 8.42 Å². The highest BCUT2D eigenvalue weighted by Gasteiger charge is 2.22. The Labute approximate surface area is 127 Å². The molecule has 0 unspecified atom stereocenters. The van der Waals surface area contributed by atoms with Crippen molar-refractivity contribution in [3.8, 4) is 0 Å². The molecule has 3 rings (SSSR count). The number of fused-ring (bicyclic) bond motifs is 1. The van der Waals surface area contributed by atoms with Gasteiger partial charge in [-0.2, -0.15) is 8.42 Å². The molecular formula is C14H12ClN3O2S. The first-order valence-corrected chi connectivity index (χ1v) is 8.02. The van der Waals surface area contributed by atoms with Crippen molar-refractivity contribution >= 4 is 38.1 Å². The molecule has 5 nitrogen and oxygen atoms in total. The highest BCUT2D eigenvalue weighted by molar-refractivity contribution is 7.92. The molecule has 0 atom stereocenters. The van der Waals surface area contributed by atoms with Crippen LogP contribution in [0.3, 0.4) is 0 Å². The molecule has 0 spiro atoms. The molecule has 1 heterocycles. The second-order valence-corrected chi connectivity index (χ2v) is 6.57. The van der Waals surface area contributed by atoms with Crippen molar-refractivity contribution in [1.82, 2.24) is 9.55 Å². The first-order chi connectivity index (χ1) is 9.97. The van der Waals surface area contributed by atoms with Gasteiger partial charge in [-0.05, 0) is 22.9 Å². The summed E-state index contributed by atoms with van der Waals surface area (Å²) in [5, 5.41) is 1.88. The smallest absolute Gasteiger partial charge is 0.282 e. The van der Waals surface area contributed by atoms with Crippen molar-refractivity contribution in [2.24, 2.45) is 7.05 Å². The van der Waals surface area contributed by atoms with Crippen molar-refractivity contribution in [2.45, 2.75) is 5.03 Å². The van der Waals surface area contributed by atoms with Crippen molar-refractivity contribution in [3.05, 3.63) is 53.9 Å². The number of hydrogen-bond acceptors (Lipinski definition) is 3. The van der Waals surface area contributed by atoms with E-state index < -0.39 is 10.0 Å². The number of nitrogens with zero attached hydrogens (tertiary/aromatic N) is 2. The predicted molar refractivity (Wildman–Crippen MR) is 83.0 cm³/mol. The van der Waals surface area contributed by atoms with Gasteiger partial charge in [-0.15, -0.1) is 0 Å². The number of nitrogens with one attached hydrogen (secondary N) is 1. The summed E-state index contributed by atoms with van der Waals surface area (Å²) in [7, 11) is -2.18. The lowest BCUT2D eigenvalue weighted by atomic mass is 10.1. The Kier molecular flexibility index (Phi) is 3.35. The molecule has 3 aromatic rings. The van der Waals surface area contributed by atoms with Crippen LogP contribution in [-0.4, -0.2) is 18.0 Å². The maximum absolute atomic E-state index is 12.3. The fraction of sp³-hybridized carbons (Fsp3) is 0.0714. The largest absolute Gasteiger partial charge is 0.324 e. The fourth-order valence-corrected chi connectivity index (χ4v) is 3.51. The molecule has 21 heavy (non-hydrogen) atoms. The fourth-order valence-electron chi connectivity index (χ4n) is 2.03. The Morgan fingerprint density at radius 2 is 1.86 bits per heavy atom. The van der Waals surface area contributed by atoms with E-state index in [0.29, 0.717) is 5.69 Å². The van der Waals surface area contributed by atoms with Gasteiger partial charge in [0.2, 0.25) is 5.03 Å². The molecule has 0 amide bonds. The molecule has 0 aliphatic heterocycles. The quantitative estimate of drug-likeness (QED) is 0.806. The third-order valence-electron chi connectivity index (χ3n) is 3.09. The number of hydrogen-bond donors (Lipinski definition) is 1. The van der Waals surface area contributed by atoms with Gasteiger partial charge in [-0.25, -0.2) is 4.98 Å². The Hall–Kier alpha value is -2.05. The van der Waals surface area contributed by atoms with Crippen molar-refractivity contribution in [3.63, 3.8) is 0 Å². The molecular weight excluding hydrogens is 310 g/mol. The number of aromatic nitrogens is 2. The maximum Gasteiger partial charge on any atom is 0.282 e. The summed E-state index contributed by atoms with van der Waals surface area (Å²) in [5.41, 5.74) is 0.468. The first kappa shape index (κ1) is 13.9. The minimum Gasteiger partial charge on any atom is -0.324 e. The minimum absolute atomic E-state index is 0.0725. The summed E-state index contributed by atoms with van der Waals surface area (Å²) < 4.78 is 28.5. The average molecular weight is 322 g/mol. The second-order valence-electron chi connectivity index (χ2n) is 4.62. The van der Waals surface area contributed by atoms with Gasteiger partial charge in [0.25, 0.3) is 10.0 Å². The molecule has 7 heteroatoms. The summed E-state index contributed by atoms with van der Waals surface area (Å²) in [4.78, 5) is 3.83. The van der Waals surface area contributed by atoms with Crippen LogP contribution in [0, 0.1) is 0 Å². The minimum atomic E-state index is -3.81. The van der Waals surface area contributed by atoms with E-state index in [-0.39, 0.29) is 10.2 Å². The van der Waals surface area contributed by atoms with Crippen LogP contribution in [0.4, 0.5) is 5.69 Å². The molecule has 1 aromatic heterocycles. The van der Waals surface area contributed by atoms with Gasteiger partial charge in [0, 0.05) is 12.7 Å². The highest BCUT2D eigenvalue weighted by Crippen LogP contribution is 2.24. The zero-order valence-corrected chi connectivity index (χ0v) is 12.7. The maximum atomic E-state index is 12.3. The van der Waals surface area contributed by atoms with Crippen LogP contribution in [0.25, 0.3) is 10.8 Å². The van der Waals surface area contributed by atoms with Gasteiger partial charge < -0.3 is 4.57 Å². The molecule has 108 valence electrons. The third kappa shape index (κ3) is 2.59. The van der Waals surface area contributed by atoms with Crippen molar-refractivity contribution in [1.29, 1.82) is 0 Å². The molecule has 2 aromatic carbocycles. The van der Waals surface area contributed by atoms with Crippen LogP contribution in [0.5, 0.6) is 0 Å². The summed E-state index contributed by atoms with van der Waals surface area (Å²) in [6.45, 7) is 0. The number of imidazole rings is 1. The Balaban J connectivity index is 1.99. The van der Waals surface area contributed by atoms with Crippen molar-refractivity contribution < 1.29 is 8.42 Å². The number of sulfonamides is 1. The zero-order chi connectivity index (χ0) is 15.0. The Bertz CT molecular complexity index is 919. The summed E-state index contributed by atoms with van der Waals surface area (Å²) in [5.74, 6) is 0. The summed E-state index contributed by atoms with van der Waals surface area (Å²) in [6.07, 6.45) is 1.36. The van der Waals surface area contributed by atoms with Gasteiger partial charge in [-0.3, -0.25) is 4.72 Å². The number of benzene rings is 2. The zero-order valence-electron chi connectivity index (χ0n) is 11.1. The molecule has 0 saturated heterocycles. The molecule has 0 aliphatic rings. The first-order valence-electron chi connectivity index (χ1n) is 6.16. The molecule has 0 fully saturated rings. The van der Waals surface area contributed by atoms with Crippen LogP contribution >= 0.6 is 11.6 Å². The molecule has 1 N–H and O–H groups in total. The van der Waals surface area contributed by atoms with E-state index in [0.717, 1.165) is 10.8 Å². The van der Waals surface area contributed by atoms with E-state index in [1.54, 1.807) is 19.2 Å². The van der Waals surface area contributed by atoms with E-state index in [1.165, 1.54) is 10.9 Å². The monoisotopic (exact) mass is 321 g/mol. The average Bonchev–Trinajstić information content (AvgIpc) is 2.79. The Morgan fingerprint density at radius 1 is 1.14 bits per heavy atom. The SMILES string of the molecule is Cn1cnc(S(=O)(=O)Nc2ccc3ccccc3c2)c1Cl. The normalized spacial score (nSPS) is 11.7. The topological polar surface area (TPSA) is 64.0 Å². The predicted octanol–water partition coefficient (Wildman–Crippen LogP) is 3.03. The van der Waals surface area contributed by atoms with E-state index in [4.69, 9.17) is 11.6 Å². The lowest BCUT2D eigenvalue weighted by Gasteiger charge is -2.07. The third-order valence-corrected chi connectivity index (χ3v) is 4.96. The second kappa shape index (κ2) is 5.05. The molecule has 0 bridgehead atoms. The highest BCUT2D eigenvalue weighted by atomic mass is 35.5. The van der Waals surface area contributed by atoms with Crippen LogP contribution in [0.15, 0.2) is 53.8 Å². The van der Waals surface area contributed by atoms with E-state index >= 15 is 0 Å². The number of halogens is 1. The lowest BCUT2D eigenvalue weighted by Crippen LogP contribution is -2.14. The van der Waals surface area contributed by atoms with Crippen LogP contribution in [0.1, 0.15) is 0 Å². The summed E-state index contributed by atoms with van der Waals surface area (Å²) in [6, 6.07) is 13.0. The summed E-state index contributed by atoms with van der Waals surface area (Å²) >= 11 is 5.94. The molecule has 0 saturated carbocycles.